The van der Waals surface area contributed by atoms with E-state index in [9.17, 15) is 4.79 Å². The summed E-state index contributed by atoms with van der Waals surface area (Å²) in [6.07, 6.45) is 0.701. The third-order valence-corrected chi connectivity index (χ3v) is 5.18. The zero-order valence-electron chi connectivity index (χ0n) is 16.0. The van der Waals surface area contributed by atoms with Gasteiger partial charge in [-0.15, -0.1) is 0 Å². The minimum Gasteiger partial charge on any atom is -0.497 e. The summed E-state index contributed by atoms with van der Waals surface area (Å²) < 4.78 is 5.21. The molecule has 2 aromatic rings. The molecule has 2 aromatic carbocycles. The van der Waals surface area contributed by atoms with Gasteiger partial charge in [-0.2, -0.15) is 0 Å². The second-order valence-corrected chi connectivity index (χ2v) is 7.09. The van der Waals surface area contributed by atoms with Crippen LogP contribution in [0.1, 0.15) is 22.3 Å². The molecule has 0 amide bonds. The van der Waals surface area contributed by atoms with Gasteiger partial charge in [0.1, 0.15) is 5.75 Å². The Bertz CT molecular complexity index is 710. The van der Waals surface area contributed by atoms with Crippen molar-refractivity contribution in [2.45, 2.75) is 19.0 Å². The lowest BCUT2D eigenvalue weighted by Crippen LogP contribution is -2.47. The number of carbonyl (C=O) groups excluding carboxylic acids is 1. The SMILES string of the molecule is COc1ccc(CN2CCN(CCC(N)C(=O)c3ccccc3)CC2)cc1. The Kier molecular flexibility index (Phi) is 6.98. The molecule has 1 aliphatic rings. The normalized spacial score (nSPS) is 16.8. The summed E-state index contributed by atoms with van der Waals surface area (Å²) in [5.74, 6) is 0.929. The zero-order valence-corrected chi connectivity index (χ0v) is 16.0. The number of hydrogen-bond acceptors (Lipinski definition) is 5. The molecular weight excluding hydrogens is 338 g/mol. The molecule has 1 unspecified atom stereocenters. The Morgan fingerprint density at radius 1 is 1.00 bits per heavy atom. The summed E-state index contributed by atoms with van der Waals surface area (Å²) in [4.78, 5) is 17.2. The number of rotatable bonds is 8. The maximum absolute atomic E-state index is 12.4. The number of benzene rings is 2. The van der Waals surface area contributed by atoms with Gasteiger partial charge >= 0.3 is 0 Å². The first-order valence-electron chi connectivity index (χ1n) is 9.58. The molecule has 144 valence electrons. The summed E-state index contributed by atoms with van der Waals surface area (Å²) in [7, 11) is 1.69. The molecule has 2 N–H and O–H groups in total. The van der Waals surface area contributed by atoms with Crippen LogP contribution in [0.5, 0.6) is 5.75 Å². The van der Waals surface area contributed by atoms with E-state index in [0.717, 1.165) is 45.0 Å². The van der Waals surface area contributed by atoms with Gasteiger partial charge in [-0.05, 0) is 24.1 Å². The number of ether oxygens (including phenoxy) is 1. The number of carbonyl (C=O) groups is 1. The number of nitrogens with two attached hydrogens (primary N) is 1. The number of ketones is 1. The van der Waals surface area contributed by atoms with Crippen molar-refractivity contribution >= 4 is 5.78 Å². The molecule has 0 aromatic heterocycles. The van der Waals surface area contributed by atoms with E-state index in [0.29, 0.717) is 12.0 Å². The van der Waals surface area contributed by atoms with Crippen LogP contribution in [0.25, 0.3) is 0 Å². The molecule has 0 spiro atoms. The lowest BCUT2D eigenvalue weighted by atomic mass is 10.0. The van der Waals surface area contributed by atoms with Gasteiger partial charge in [-0.1, -0.05) is 42.5 Å². The van der Waals surface area contributed by atoms with Crippen molar-refractivity contribution in [1.29, 1.82) is 0 Å². The topological polar surface area (TPSA) is 58.8 Å². The first kappa shape index (κ1) is 19.5. The van der Waals surface area contributed by atoms with Crippen LogP contribution in [0.3, 0.4) is 0 Å². The lowest BCUT2D eigenvalue weighted by Gasteiger charge is -2.35. The van der Waals surface area contributed by atoms with E-state index in [2.05, 4.69) is 21.9 Å². The maximum Gasteiger partial charge on any atom is 0.179 e. The van der Waals surface area contributed by atoms with Crippen molar-refractivity contribution in [2.24, 2.45) is 5.73 Å². The lowest BCUT2D eigenvalue weighted by molar-refractivity contribution is 0.0931. The van der Waals surface area contributed by atoms with Gasteiger partial charge in [0, 0.05) is 44.8 Å². The van der Waals surface area contributed by atoms with Gasteiger partial charge in [0.15, 0.2) is 5.78 Å². The minimum atomic E-state index is -0.426. The molecule has 27 heavy (non-hydrogen) atoms. The molecule has 1 fully saturated rings. The third kappa shape index (κ3) is 5.63. The summed E-state index contributed by atoms with van der Waals surface area (Å²) >= 11 is 0. The molecule has 1 saturated heterocycles. The maximum atomic E-state index is 12.4. The predicted molar refractivity (Wildman–Crippen MR) is 108 cm³/mol. The van der Waals surface area contributed by atoms with Gasteiger partial charge in [0.25, 0.3) is 0 Å². The first-order valence-corrected chi connectivity index (χ1v) is 9.58. The summed E-state index contributed by atoms with van der Waals surface area (Å²) in [5.41, 5.74) is 8.13. The van der Waals surface area contributed by atoms with Gasteiger partial charge in [-0.25, -0.2) is 0 Å². The van der Waals surface area contributed by atoms with Crippen LogP contribution in [0.2, 0.25) is 0 Å². The average Bonchev–Trinajstić information content (AvgIpc) is 2.73. The van der Waals surface area contributed by atoms with E-state index in [1.165, 1.54) is 5.56 Å². The molecule has 3 rings (SSSR count). The van der Waals surface area contributed by atoms with Crippen molar-refractivity contribution in [1.82, 2.24) is 9.80 Å². The largest absolute Gasteiger partial charge is 0.497 e. The summed E-state index contributed by atoms with van der Waals surface area (Å²) in [6, 6.07) is 17.2. The van der Waals surface area contributed by atoms with Crippen LogP contribution in [0, 0.1) is 0 Å². The van der Waals surface area contributed by atoms with Crippen LogP contribution in [0.4, 0.5) is 0 Å². The molecule has 1 atom stereocenters. The van der Waals surface area contributed by atoms with Crippen molar-refractivity contribution in [3.8, 4) is 5.75 Å². The molecule has 0 saturated carbocycles. The average molecular weight is 367 g/mol. The van der Waals surface area contributed by atoms with E-state index in [1.54, 1.807) is 7.11 Å². The van der Waals surface area contributed by atoms with Gasteiger partial charge in [-0.3, -0.25) is 9.69 Å². The number of Topliss-reactive ketones (excluding diaryl/α,β-unsaturated/α-hetero) is 1. The highest BCUT2D eigenvalue weighted by Gasteiger charge is 2.20. The fourth-order valence-electron chi connectivity index (χ4n) is 3.43. The Balaban J connectivity index is 1.39. The highest BCUT2D eigenvalue weighted by Crippen LogP contribution is 2.14. The number of piperazine rings is 1. The molecule has 5 nitrogen and oxygen atoms in total. The second kappa shape index (κ2) is 9.65. The number of hydrogen-bond donors (Lipinski definition) is 1. The molecular formula is C22H29N3O2. The highest BCUT2D eigenvalue weighted by molar-refractivity contribution is 5.99. The highest BCUT2D eigenvalue weighted by atomic mass is 16.5. The fraction of sp³-hybridized carbons (Fsp3) is 0.409. The smallest absolute Gasteiger partial charge is 0.179 e. The Morgan fingerprint density at radius 2 is 1.63 bits per heavy atom. The fourth-order valence-corrected chi connectivity index (χ4v) is 3.43. The van der Waals surface area contributed by atoms with Crippen LogP contribution in [-0.2, 0) is 6.54 Å². The van der Waals surface area contributed by atoms with Crippen LogP contribution < -0.4 is 10.5 Å². The quantitative estimate of drug-likeness (QED) is 0.726. The van der Waals surface area contributed by atoms with Gasteiger partial charge < -0.3 is 15.4 Å². The summed E-state index contributed by atoms with van der Waals surface area (Å²) in [5, 5.41) is 0. The second-order valence-electron chi connectivity index (χ2n) is 7.09. The Labute approximate surface area is 161 Å². The number of nitrogens with zero attached hydrogens (tertiary/aromatic N) is 2. The predicted octanol–water partition coefficient (Wildman–Crippen LogP) is 2.41. The van der Waals surface area contributed by atoms with Gasteiger partial charge in [0.2, 0.25) is 0 Å². The molecule has 5 heteroatoms. The Hall–Kier alpha value is -2.21. The minimum absolute atomic E-state index is 0.0359. The summed E-state index contributed by atoms with van der Waals surface area (Å²) in [6.45, 7) is 5.94. The molecule has 0 aliphatic carbocycles. The van der Waals surface area contributed by atoms with E-state index >= 15 is 0 Å². The van der Waals surface area contributed by atoms with E-state index < -0.39 is 6.04 Å². The van der Waals surface area contributed by atoms with Crippen molar-refractivity contribution < 1.29 is 9.53 Å². The van der Waals surface area contributed by atoms with E-state index in [1.807, 2.05) is 42.5 Å². The van der Waals surface area contributed by atoms with Crippen molar-refractivity contribution in [3.63, 3.8) is 0 Å². The van der Waals surface area contributed by atoms with Crippen molar-refractivity contribution in [2.75, 3.05) is 39.8 Å². The van der Waals surface area contributed by atoms with Crippen LogP contribution in [0.15, 0.2) is 54.6 Å². The van der Waals surface area contributed by atoms with Crippen LogP contribution >= 0.6 is 0 Å². The van der Waals surface area contributed by atoms with Crippen molar-refractivity contribution in [3.05, 3.63) is 65.7 Å². The Morgan fingerprint density at radius 3 is 2.26 bits per heavy atom. The molecule has 1 heterocycles. The van der Waals surface area contributed by atoms with E-state index in [-0.39, 0.29) is 5.78 Å². The first-order chi connectivity index (χ1) is 13.2. The van der Waals surface area contributed by atoms with Gasteiger partial charge in [0.05, 0.1) is 13.2 Å². The molecule has 0 radical (unpaired) electrons. The third-order valence-electron chi connectivity index (χ3n) is 5.18. The van der Waals surface area contributed by atoms with Crippen LogP contribution in [-0.4, -0.2) is 61.5 Å². The molecule has 0 bridgehead atoms. The molecule has 1 aliphatic heterocycles. The number of methoxy groups -OCH3 is 1. The van der Waals surface area contributed by atoms with E-state index in [4.69, 9.17) is 10.5 Å². The monoisotopic (exact) mass is 367 g/mol. The zero-order chi connectivity index (χ0) is 19.1. The standard InChI is InChI=1S/C22H29N3O2/c1-27-20-9-7-18(8-10-20)17-25-15-13-24(14-16-25)12-11-21(23)22(26)19-5-3-2-4-6-19/h2-10,21H,11-17,23H2,1H3.